The second-order valence-electron chi connectivity index (χ2n) is 3.67. The first-order valence-electron chi connectivity index (χ1n) is 4.85. The zero-order valence-corrected chi connectivity index (χ0v) is 8.91. The summed E-state index contributed by atoms with van der Waals surface area (Å²) in [6.45, 7) is 4.32. The lowest BCUT2D eigenvalue weighted by molar-refractivity contribution is 0.726. The predicted molar refractivity (Wildman–Crippen MR) is 57.9 cm³/mol. The molecule has 0 bridgehead atoms. The molecule has 74 valence electrons. The van der Waals surface area contributed by atoms with Gasteiger partial charge in [0.2, 0.25) is 0 Å². The van der Waals surface area contributed by atoms with E-state index in [1.807, 2.05) is 12.1 Å². The summed E-state index contributed by atoms with van der Waals surface area (Å²) in [5, 5.41) is 11.8. The first kappa shape index (κ1) is 10.7. The molecule has 1 unspecified atom stereocenters. The molecule has 2 heteroatoms. The molecule has 1 aromatic carbocycles. The molecule has 0 aromatic heterocycles. The van der Waals surface area contributed by atoms with Gasteiger partial charge in [0.05, 0.1) is 6.07 Å². The highest BCUT2D eigenvalue weighted by Crippen LogP contribution is 2.17. The average molecular weight is 188 g/mol. The molecule has 0 aliphatic heterocycles. The molecule has 0 amide bonds. The minimum Gasteiger partial charge on any atom is -0.301 e. The van der Waals surface area contributed by atoms with Crippen molar-refractivity contribution in [2.24, 2.45) is 0 Å². The Morgan fingerprint density at radius 1 is 1.14 bits per heavy atom. The molecule has 0 aliphatic rings. The van der Waals surface area contributed by atoms with Crippen LogP contribution in [-0.4, -0.2) is 7.05 Å². The maximum atomic E-state index is 8.85. The van der Waals surface area contributed by atoms with E-state index in [4.69, 9.17) is 5.26 Å². The normalized spacial score (nSPS) is 12.5. The molecule has 0 fully saturated rings. The molecule has 0 aliphatic carbocycles. The van der Waals surface area contributed by atoms with Gasteiger partial charge in [-0.05, 0) is 24.1 Å². The average Bonchev–Trinajstić information content (AvgIpc) is 2.20. The molecule has 1 atom stereocenters. The highest BCUT2D eigenvalue weighted by Gasteiger charge is 2.07. The minimum absolute atomic E-state index is 0.198. The Morgan fingerprint density at radius 3 is 2.00 bits per heavy atom. The molecule has 0 saturated heterocycles. The van der Waals surface area contributed by atoms with Crippen LogP contribution in [0.25, 0.3) is 0 Å². The van der Waals surface area contributed by atoms with E-state index in [0.717, 1.165) is 5.56 Å². The fourth-order valence-corrected chi connectivity index (χ4v) is 1.38. The van der Waals surface area contributed by atoms with Crippen LogP contribution in [0.2, 0.25) is 0 Å². The highest BCUT2D eigenvalue weighted by molar-refractivity contribution is 5.29. The summed E-state index contributed by atoms with van der Waals surface area (Å²) in [7, 11) is 1.80. The van der Waals surface area contributed by atoms with Crippen LogP contribution in [0.3, 0.4) is 0 Å². The summed E-state index contributed by atoms with van der Waals surface area (Å²) in [4.78, 5) is 0. The van der Waals surface area contributed by atoms with Crippen LogP contribution in [0.15, 0.2) is 24.3 Å². The van der Waals surface area contributed by atoms with Gasteiger partial charge in [-0.3, -0.25) is 0 Å². The maximum Gasteiger partial charge on any atom is 0.121 e. The van der Waals surface area contributed by atoms with Crippen molar-refractivity contribution in [3.05, 3.63) is 35.4 Å². The molecular weight excluding hydrogens is 172 g/mol. The Labute approximate surface area is 85.6 Å². The van der Waals surface area contributed by atoms with Crippen molar-refractivity contribution in [3.8, 4) is 6.07 Å². The lowest BCUT2D eigenvalue weighted by atomic mass is 9.99. The predicted octanol–water partition coefficient (Wildman–Crippen LogP) is 2.59. The highest BCUT2D eigenvalue weighted by atomic mass is 14.9. The van der Waals surface area contributed by atoms with Crippen LogP contribution in [0.4, 0.5) is 0 Å². The van der Waals surface area contributed by atoms with E-state index in [1.54, 1.807) is 7.05 Å². The molecular formula is C12H16N2. The summed E-state index contributed by atoms with van der Waals surface area (Å²) in [5.41, 5.74) is 2.33. The largest absolute Gasteiger partial charge is 0.301 e. The van der Waals surface area contributed by atoms with E-state index in [9.17, 15) is 0 Å². The summed E-state index contributed by atoms with van der Waals surface area (Å²) >= 11 is 0. The SMILES string of the molecule is CNC(C#N)c1ccc(C(C)C)cc1. The van der Waals surface area contributed by atoms with Gasteiger partial charge in [-0.15, -0.1) is 0 Å². The van der Waals surface area contributed by atoms with Gasteiger partial charge < -0.3 is 5.32 Å². The molecule has 1 aromatic rings. The van der Waals surface area contributed by atoms with Crippen molar-refractivity contribution < 1.29 is 0 Å². The number of rotatable bonds is 3. The van der Waals surface area contributed by atoms with Crippen molar-refractivity contribution in [1.29, 1.82) is 5.26 Å². The molecule has 0 spiro atoms. The van der Waals surface area contributed by atoms with E-state index in [-0.39, 0.29) is 6.04 Å². The number of hydrogen-bond donors (Lipinski definition) is 1. The number of hydrogen-bond acceptors (Lipinski definition) is 2. The van der Waals surface area contributed by atoms with Crippen molar-refractivity contribution in [2.45, 2.75) is 25.8 Å². The molecule has 1 rings (SSSR count). The summed E-state index contributed by atoms with van der Waals surface area (Å²) in [6, 6.07) is 10.2. The van der Waals surface area contributed by atoms with Gasteiger partial charge in [-0.1, -0.05) is 38.1 Å². The van der Waals surface area contributed by atoms with Crippen LogP contribution in [0, 0.1) is 11.3 Å². The zero-order valence-electron chi connectivity index (χ0n) is 8.91. The smallest absolute Gasteiger partial charge is 0.121 e. The Morgan fingerprint density at radius 2 is 1.64 bits per heavy atom. The lowest BCUT2D eigenvalue weighted by Crippen LogP contribution is -2.13. The number of nitriles is 1. The van der Waals surface area contributed by atoms with Crippen molar-refractivity contribution >= 4 is 0 Å². The van der Waals surface area contributed by atoms with Crippen LogP contribution in [-0.2, 0) is 0 Å². The lowest BCUT2D eigenvalue weighted by Gasteiger charge is -2.10. The van der Waals surface area contributed by atoms with E-state index in [0.29, 0.717) is 5.92 Å². The molecule has 0 heterocycles. The van der Waals surface area contributed by atoms with Gasteiger partial charge >= 0.3 is 0 Å². The van der Waals surface area contributed by atoms with Crippen LogP contribution in [0.5, 0.6) is 0 Å². The van der Waals surface area contributed by atoms with Crippen LogP contribution in [0.1, 0.15) is 36.9 Å². The maximum absolute atomic E-state index is 8.85. The van der Waals surface area contributed by atoms with Crippen molar-refractivity contribution in [1.82, 2.24) is 5.32 Å². The minimum atomic E-state index is -0.198. The third kappa shape index (κ3) is 2.34. The quantitative estimate of drug-likeness (QED) is 0.791. The standard InChI is InChI=1S/C12H16N2/c1-9(2)10-4-6-11(7-5-10)12(8-13)14-3/h4-7,9,12,14H,1-3H3. The fraction of sp³-hybridized carbons (Fsp3) is 0.417. The monoisotopic (exact) mass is 188 g/mol. The Kier molecular flexibility index (Phi) is 3.67. The van der Waals surface area contributed by atoms with Gasteiger partial charge in [0.1, 0.15) is 6.04 Å². The number of nitrogens with zero attached hydrogens (tertiary/aromatic N) is 1. The van der Waals surface area contributed by atoms with Crippen LogP contribution < -0.4 is 5.32 Å². The van der Waals surface area contributed by atoms with E-state index in [2.05, 4.69) is 37.4 Å². The Hall–Kier alpha value is -1.33. The summed E-state index contributed by atoms with van der Waals surface area (Å²) in [5.74, 6) is 0.541. The van der Waals surface area contributed by atoms with Gasteiger partial charge in [-0.25, -0.2) is 0 Å². The third-order valence-electron chi connectivity index (χ3n) is 2.35. The van der Waals surface area contributed by atoms with E-state index < -0.39 is 0 Å². The zero-order chi connectivity index (χ0) is 10.6. The number of nitrogens with one attached hydrogen (secondary N) is 1. The molecule has 0 saturated carbocycles. The van der Waals surface area contributed by atoms with Crippen molar-refractivity contribution in [3.63, 3.8) is 0 Å². The Balaban J connectivity index is 2.88. The molecule has 14 heavy (non-hydrogen) atoms. The Bertz CT molecular complexity index is 319. The van der Waals surface area contributed by atoms with Gasteiger partial charge in [-0.2, -0.15) is 5.26 Å². The van der Waals surface area contributed by atoms with E-state index >= 15 is 0 Å². The summed E-state index contributed by atoms with van der Waals surface area (Å²) in [6.07, 6.45) is 0. The van der Waals surface area contributed by atoms with Gasteiger partial charge in [0.15, 0.2) is 0 Å². The second-order valence-corrected chi connectivity index (χ2v) is 3.67. The topological polar surface area (TPSA) is 35.8 Å². The third-order valence-corrected chi connectivity index (χ3v) is 2.35. The first-order chi connectivity index (χ1) is 6.69. The van der Waals surface area contributed by atoms with Gasteiger partial charge in [0, 0.05) is 0 Å². The molecule has 0 radical (unpaired) electrons. The van der Waals surface area contributed by atoms with Crippen LogP contribution >= 0.6 is 0 Å². The second kappa shape index (κ2) is 4.78. The first-order valence-corrected chi connectivity index (χ1v) is 4.85. The number of benzene rings is 1. The molecule has 2 nitrogen and oxygen atoms in total. The molecule has 1 N–H and O–H groups in total. The summed E-state index contributed by atoms with van der Waals surface area (Å²) < 4.78 is 0. The van der Waals surface area contributed by atoms with Crippen molar-refractivity contribution in [2.75, 3.05) is 7.05 Å². The van der Waals surface area contributed by atoms with Gasteiger partial charge in [0.25, 0.3) is 0 Å². The fourth-order valence-electron chi connectivity index (χ4n) is 1.38. The van der Waals surface area contributed by atoms with E-state index in [1.165, 1.54) is 5.56 Å².